The van der Waals surface area contributed by atoms with Gasteiger partial charge in [-0.05, 0) is 42.0 Å². The minimum Gasteiger partial charge on any atom is -0.487 e. The molecule has 3 aromatic rings. The van der Waals surface area contributed by atoms with Gasteiger partial charge in [0.2, 0.25) is 0 Å². The van der Waals surface area contributed by atoms with Crippen LogP contribution in [0.4, 0.5) is 0 Å². The third-order valence-corrected chi connectivity index (χ3v) is 8.51. The topological polar surface area (TPSA) is 62.7 Å². The van der Waals surface area contributed by atoms with E-state index in [0.717, 1.165) is 29.3 Å². The van der Waals surface area contributed by atoms with Crippen molar-refractivity contribution >= 4 is 33.0 Å². The smallest absolute Gasteiger partial charge is 0.252 e. The van der Waals surface area contributed by atoms with Crippen molar-refractivity contribution in [1.29, 1.82) is 0 Å². The maximum atomic E-state index is 12.7. The van der Waals surface area contributed by atoms with Crippen LogP contribution in [0.1, 0.15) is 11.3 Å². The molecule has 1 fully saturated rings. The van der Waals surface area contributed by atoms with Gasteiger partial charge in [-0.1, -0.05) is 29.8 Å². The van der Waals surface area contributed by atoms with Crippen molar-refractivity contribution in [3.8, 4) is 5.75 Å². The van der Waals surface area contributed by atoms with Gasteiger partial charge in [-0.2, -0.15) is 4.31 Å². The van der Waals surface area contributed by atoms with Crippen molar-refractivity contribution in [3.63, 3.8) is 0 Å². The number of benzene rings is 1. The van der Waals surface area contributed by atoms with Gasteiger partial charge in [-0.3, -0.25) is 9.88 Å². The molecule has 0 unspecified atom stereocenters. The standard InChI is InChI=1S/C21H22ClN3O3S2/c22-20-8-9-21(29-20)30(26,27)25-13-11-24(12-14-25)15-17-4-6-19(7-5-17)28-16-18-3-1-2-10-23-18/h1-10H,11-16H2. The first-order chi connectivity index (χ1) is 14.5. The molecule has 158 valence electrons. The van der Waals surface area contributed by atoms with Crippen LogP contribution in [0.2, 0.25) is 4.34 Å². The van der Waals surface area contributed by atoms with Gasteiger partial charge in [0, 0.05) is 38.9 Å². The van der Waals surface area contributed by atoms with E-state index in [9.17, 15) is 8.42 Å². The largest absolute Gasteiger partial charge is 0.487 e. The number of hydrogen-bond acceptors (Lipinski definition) is 6. The molecule has 2 aromatic heterocycles. The summed E-state index contributed by atoms with van der Waals surface area (Å²) in [5.41, 5.74) is 2.06. The summed E-state index contributed by atoms with van der Waals surface area (Å²) >= 11 is 7.00. The zero-order chi connectivity index (χ0) is 21.0. The Balaban J connectivity index is 1.28. The summed E-state index contributed by atoms with van der Waals surface area (Å²) < 4.78 is 33.5. The predicted molar refractivity (Wildman–Crippen MR) is 118 cm³/mol. The van der Waals surface area contributed by atoms with E-state index in [0.29, 0.717) is 41.3 Å². The Morgan fingerprint density at radius 2 is 1.77 bits per heavy atom. The first-order valence-corrected chi connectivity index (χ1v) is 12.2. The van der Waals surface area contributed by atoms with E-state index in [-0.39, 0.29) is 0 Å². The summed E-state index contributed by atoms with van der Waals surface area (Å²) in [7, 11) is -3.45. The number of aromatic nitrogens is 1. The lowest BCUT2D eigenvalue weighted by molar-refractivity contribution is 0.181. The van der Waals surface area contributed by atoms with Crippen molar-refractivity contribution in [3.05, 3.63) is 76.4 Å². The lowest BCUT2D eigenvalue weighted by Crippen LogP contribution is -2.48. The van der Waals surface area contributed by atoms with Crippen LogP contribution < -0.4 is 4.74 Å². The van der Waals surface area contributed by atoms with Crippen molar-refractivity contribution in [2.45, 2.75) is 17.4 Å². The predicted octanol–water partition coefficient (Wildman–Crippen LogP) is 3.88. The zero-order valence-corrected chi connectivity index (χ0v) is 18.7. The minimum absolute atomic E-state index is 0.308. The Bertz CT molecular complexity index is 1060. The molecule has 0 atom stereocenters. The van der Waals surface area contributed by atoms with E-state index in [1.165, 1.54) is 5.56 Å². The maximum Gasteiger partial charge on any atom is 0.252 e. The van der Waals surface area contributed by atoms with E-state index < -0.39 is 10.0 Å². The summed E-state index contributed by atoms with van der Waals surface area (Å²) in [6.07, 6.45) is 1.75. The molecule has 0 bridgehead atoms. The van der Waals surface area contributed by atoms with Gasteiger partial charge in [-0.25, -0.2) is 8.42 Å². The van der Waals surface area contributed by atoms with Crippen LogP contribution in [0.15, 0.2) is 65.0 Å². The lowest BCUT2D eigenvalue weighted by Gasteiger charge is -2.33. The second kappa shape index (κ2) is 9.45. The van der Waals surface area contributed by atoms with Gasteiger partial charge in [0.15, 0.2) is 0 Å². The molecular formula is C21H22ClN3O3S2. The molecule has 0 amide bonds. The summed E-state index contributed by atoms with van der Waals surface area (Å²) in [5, 5.41) is 0. The van der Waals surface area contributed by atoms with Crippen molar-refractivity contribution in [1.82, 2.24) is 14.2 Å². The van der Waals surface area contributed by atoms with Gasteiger partial charge in [0.05, 0.1) is 10.0 Å². The molecule has 0 radical (unpaired) electrons. The molecule has 1 aliphatic heterocycles. The Morgan fingerprint density at radius 3 is 2.40 bits per heavy atom. The number of nitrogens with zero attached hydrogens (tertiary/aromatic N) is 3. The number of thiophene rings is 1. The highest BCUT2D eigenvalue weighted by atomic mass is 35.5. The first-order valence-electron chi connectivity index (χ1n) is 9.60. The number of ether oxygens (including phenoxy) is 1. The van der Waals surface area contributed by atoms with Gasteiger partial charge in [0.25, 0.3) is 10.0 Å². The number of hydrogen-bond donors (Lipinski definition) is 0. The molecule has 30 heavy (non-hydrogen) atoms. The molecule has 3 heterocycles. The quantitative estimate of drug-likeness (QED) is 0.532. The third-order valence-electron chi connectivity index (χ3n) is 4.92. The Hall–Kier alpha value is -1.97. The fourth-order valence-corrected chi connectivity index (χ4v) is 6.34. The van der Waals surface area contributed by atoms with Crippen LogP contribution in [-0.2, 0) is 23.2 Å². The molecule has 6 nitrogen and oxygen atoms in total. The second-order valence-electron chi connectivity index (χ2n) is 6.99. The van der Waals surface area contributed by atoms with Gasteiger partial charge >= 0.3 is 0 Å². The highest BCUT2D eigenvalue weighted by Crippen LogP contribution is 2.28. The van der Waals surface area contributed by atoms with E-state index >= 15 is 0 Å². The first kappa shape index (κ1) is 21.3. The minimum atomic E-state index is -3.45. The maximum absolute atomic E-state index is 12.7. The van der Waals surface area contributed by atoms with Crippen LogP contribution in [-0.4, -0.2) is 48.8 Å². The number of pyridine rings is 1. The molecule has 0 saturated carbocycles. The number of halogens is 1. The molecule has 0 N–H and O–H groups in total. The molecule has 4 rings (SSSR count). The Kier molecular flexibility index (Phi) is 6.70. The number of rotatable bonds is 7. The monoisotopic (exact) mass is 463 g/mol. The van der Waals surface area contributed by atoms with E-state index in [1.54, 1.807) is 22.6 Å². The van der Waals surface area contributed by atoms with E-state index in [4.69, 9.17) is 16.3 Å². The average Bonchev–Trinajstić information content (AvgIpc) is 3.22. The van der Waals surface area contributed by atoms with Crippen LogP contribution in [0.25, 0.3) is 0 Å². The molecule has 1 aromatic carbocycles. The average molecular weight is 464 g/mol. The molecule has 1 saturated heterocycles. The fourth-order valence-electron chi connectivity index (χ4n) is 3.28. The van der Waals surface area contributed by atoms with Gasteiger partial charge in [0.1, 0.15) is 16.6 Å². The van der Waals surface area contributed by atoms with Crippen molar-refractivity contribution < 1.29 is 13.2 Å². The summed E-state index contributed by atoms with van der Waals surface area (Å²) in [6, 6.07) is 17.0. The Morgan fingerprint density at radius 1 is 1.00 bits per heavy atom. The molecule has 0 spiro atoms. The van der Waals surface area contributed by atoms with Crippen molar-refractivity contribution in [2.24, 2.45) is 0 Å². The van der Waals surface area contributed by atoms with Crippen LogP contribution in [0.3, 0.4) is 0 Å². The number of sulfonamides is 1. The van der Waals surface area contributed by atoms with Gasteiger partial charge in [-0.15, -0.1) is 11.3 Å². The van der Waals surface area contributed by atoms with Crippen molar-refractivity contribution in [2.75, 3.05) is 26.2 Å². The summed E-state index contributed by atoms with van der Waals surface area (Å²) in [6.45, 7) is 3.55. The lowest BCUT2D eigenvalue weighted by atomic mass is 10.2. The Labute approximate surface area is 185 Å². The zero-order valence-electron chi connectivity index (χ0n) is 16.3. The van der Waals surface area contributed by atoms with Crippen LogP contribution >= 0.6 is 22.9 Å². The summed E-state index contributed by atoms with van der Waals surface area (Å²) in [5.74, 6) is 0.801. The fraction of sp³-hybridized carbons (Fsp3) is 0.286. The SMILES string of the molecule is O=S(=O)(c1ccc(Cl)s1)N1CCN(Cc2ccc(OCc3ccccn3)cc2)CC1. The van der Waals surface area contributed by atoms with Crippen LogP contribution in [0.5, 0.6) is 5.75 Å². The number of piperazine rings is 1. The second-order valence-corrected chi connectivity index (χ2v) is 10.9. The summed E-state index contributed by atoms with van der Waals surface area (Å²) in [4.78, 5) is 6.51. The molecular weight excluding hydrogens is 442 g/mol. The van der Waals surface area contributed by atoms with Crippen LogP contribution in [0, 0.1) is 0 Å². The van der Waals surface area contributed by atoms with Gasteiger partial charge < -0.3 is 4.74 Å². The highest BCUT2D eigenvalue weighted by molar-refractivity contribution is 7.91. The molecule has 0 aliphatic carbocycles. The molecule has 9 heteroatoms. The third kappa shape index (κ3) is 5.19. The van der Waals surface area contributed by atoms with E-state index in [1.807, 2.05) is 42.5 Å². The van der Waals surface area contributed by atoms with E-state index in [2.05, 4.69) is 9.88 Å². The normalized spacial score (nSPS) is 15.9. The molecule has 1 aliphatic rings. The highest BCUT2D eigenvalue weighted by Gasteiger charge is 2.29.